The van der Waals surface area contributed by atoms with Gasteiger partial charge in [0.05, 0.1) is 27.0 Å². The van der Waals surface area contributed by atoms with Crippen molar-refractivity contribution in [3.05, 3.63) is 30.3 Å². The molecular weight excluding hydrogens is 288 g/mol. The van der Waals surface area contributed by atoms with E-state index in [1.807, 2.05) is 0 Å². The molecule has 116 valence electrons. The van der Waals surface area contributed by atoms with Crippen molar-refractivity contribution < 1.29 is 19.0 Å². The predicted octanol–water partition coefficient (Wildman–Crippen LogP) is 2.42. The number of amides is 1. The van der Waals surface area contributed by atoms with Gasteiger partial charge in [-0.25, -0.2) is 4.79 Å². The number of carbonyl (C=O) groups is 1. The van der Waals surface area contributed by atoms with E-state index in [9.17, 15) is 4.79 Å². The maximum Gasteiger partial charge on any atom is 0.412 e. The van der Waals surface area contributed by atoms with E-state index in [0.29, 0.717) is 23.0 Å². The van der Waals surface area contributed by atoms with Crippen LogP contribution in [0.3, 0.4) is 0 Å². The standard InChI is InChI=1S/C14H16N4O4/c1-20-9-4-5-11(21-2)10(8-9)15-12-6-7-13(18-17-12)16-14(19)22-3/h4-8H,1-3H3,(H,15,17)(H,16,18,19). The first-order valence-electron chi connectivity index (χ1n) is 6.34. The molecule has 0 saturated carbocycles. The molecule has 2 aromatic rings. The molecule has 22 heavy (non-hydrogen) atoms. The number of ether oxygens (including phenoxy) is 3. The van der Waals surface area contributed by atoms with Crippen LogP contribution in [0.5, 0.6) is 11.5 Å². The van der Waals surface area contributed by atoms with Gasteiger partial charge in [0, 0.05) is 6.07 Å². The lowest BCUT2D eigenvalue weighted by atomic mass is 10.2. The van der Waals surface area contributed by atoms with Crippen molar-refractivity contribution in [2.75, 3.05) is 32.0 Å². The third-order valence-electron chi connectivity index (χ3n) is 2.75. The molecule has 0 aliphatic rings. The molecule has 1 heterocycles. The Labute approximate surface area is 127 Å². The number of hydrogen-bond acceptors (Lipinski definition) is 7. The Hall–Kier alpha value is -3.03. The summed E-state index contributed by atoms with van der Waals surface area (Å²) in [6.07, 6.45) is -0.607. The topological polar surface area (TPSA) is 94.6 Å². The molecule has 8 heteroatoms. The number of methoxy groups -OCH3 is 3. The van der Waals surface area contributed by atoms with Crippen molar-refractivity contribution in [3.8, 4) is 11.5 Å². The minimum absolute atomic E-state index is 0.287. The van der Waals surface area contributed by atoms with Gasteiger partial charge < -0.3 is 19.5 Å². The first kappa shape index (κ1) is 15.4. The molecule has 2 N–H and O–H groups in total. The average Bonchev–Trinajstić information content (AvgIpc) is 2.56. The lowest BCUT2D eigenvalue weighted by Crippen LogP contribution is -2.12. The Balaban J connectivity index is 2.15. The number of nitrogens with zero attached hydrogens (tertiary/aromatic N) is 2. The zero-order chi connectivity index (χ0) is 15.9. The summed E-state index contributed by atoms with van der Waals surface area (Å²) in [5, 5.41) is 13.3. The molecule has 0 spiro atoms. The van der Waals surface area contributed by atoms with Crippen molar-refractivity contribution in [2.24, 2.45) is 0 Å². The first-order chi connectivity index (χ1) is 10.7. The fourth-order valence-corrected chi connectivity index (χ4v) is 1.67. The van der Waals surface area contributed by atoms with Crippen LogP contribution in [0.1, 0.15) is 0 Å². The molecule has 2 rings (SSSR count). The van der Waals surface area contributed by atoms with Gasteiger partial charge in [-0.2, -0.15) is 0 Å². The van der Waals surface area contributed by atoms with E-state index in [1.54, 1.807) is 44.6 Å². The van der Waals surface area contributed by atoms with Gasteiger partial charge in [0.15, 0.2) is 11.6 Å². The molecule has 0 unspecified atom stereocenters. The Morgan fingerprint density at radius 2 is 1.73 bits per heavy atom. The predicted molar refractivity (Wildman–Crippen MR) is 80.9 cm³/mol. The fourth-order valence-electron chi connectivity index (χ4n) is 1.67. The molecule has 0 saturated heterocycles. The summed E-state index contributed by atoms with van der Waals surface area (Å²) in [5.41, 5.74) is 0.685. The van der Waals surface area contributed by atoms with E-state index in [-0.39, 0.29) is 5.82 Å². The van der Waals surface area contributed by atoms with Gasteiger partial charge >= 0.3 is 6.09 Å². The molecular formula is C14H16N4O4. The summed E-state index contributed by atoms with van der Waals surface area (Å²) in [7, 11) is 4.43. The summed E-state index contributed by atoms with van der Waals surface area (Å²) < 4.78 is 14.9. The van der Waals surface area contributed by atoms with E-state index in [2.05, 4.69) is 25.6 Å². The number of carbonyl (C=O) groups excluding carboxylic acids is 1. The maximum absolute atomic E-state index is 11.1. The lowest BCUT2D eigenvalue weighted by molar-refractivity contribution is 0.187. The monoisotopic (exact) mass is 304 g/mol. The molecule has 1 aromatic heterocycles. The van der Waals surface area contributed by atoms with Crippen LogP contribution < -0.4 is 20.1 Å². The summed E-state index contributed by atoms with van der Waals surface area (Å²) in [6.45, 7) is 0. The largest absolute Gasteiger partial charge is 0.497 e. The van der Waals surface area contributed by atoms with Crippen LogP contribution in [0, 0.1) is 0 Å². The highest BCUT2D eigenvalue weighted by Crippen LogP contribution is 2.30. The molecule has 0 aliphatic carbocycles. The number of nitrogens with one attached hydrogen (secondary N) is 2. The Morgan fingerprint density at radius 3 is 2.32 bits per heavy atom. The minimum Gasteiger partial charge on any atom is -0.497 e. The zero-order valence-electron chi connectivity index (χ0n) is 12.4. The number of benzene rings is 1. The smallest absolute Gasteiger partial charge is 0.412 e. The molecule has 1 amide bonds. The van der Waals surface area contributed by atoms with Gasteiger partial charge in [-0.3, -0.25) is 5.32 Å². The van der Waals surface area contributed by atoms with Crippen LogP contribution >= 0.6 is 0 Å². The van der Waals surface area contributed by atoms with Crippen molar-refractivity contribution in [3.63, 3.8) is 0 Å². The number of rotatable bonds is 5. The van der Waals surface area contributed by atoms with Gasteiger partial charge in [0.25, 0.3) is 0 Å². The Morgan fingerprint density at radius 1 is 1.00 bits per heavy atom. The highest BCUT2D eigenvalue weighted by molar-refractivity contribution is 5.83. The van der Waals surface area contributed by atoms with Gasteiger partial charge in [-0.1, -0.05) is 0 Å². The fraction of sp³-hybridized carbons (Fsp3) is 0.214. The van der Waals surface area contributed by atoms with E-state index in [0.717, 1.165) is 0 Å². The van der Waals surface area contributed by atoms with E-state index >= 15 is 0 Å². The SMILES string of the molecule is COC(=O)Nc1ccc(Nc2cc(OC)ccc2OC)nn1. The summed E-state index contributed by atoms with van der Waals surface area (Å²) in [6, 6.07) is 8.61. The van der Waals surface area contributed by atoms with Gasteiger partial charge in [-0.15, -0.1) is 10.2 Å². The number of hydrogen-bond donors (Lipinski definition) is 2. The maximum atomic E-state index is 11.1. The Kier molecular flexibility index (Phi) is 4.97. The Bertz CT molecular complexity index is 646. The lowest BCUT2D eigenvalue weighted by Gasteiger charge is -2.12. The normalized spacial score (nSPS) is 9.77. The molecule has 8 nitrogen and oxygen atoms in total. The van der Waals surface area contributed by atoms with Crippen LogP contribution in [0.4, 0.5) is 22.1 Å². The minimum atomic E-state index is -0.607. The van der Waals surface area contributed by atoms with E-state index in [4.69, 9.17) is 9.47 Å². The number of anilines is 3. The summed E-state index contributed by atoms with van der Waals surface area (Å²) in [4.78, 5) is 11.1. The third-order valence-corrected chi connectivity index (χ3v) is 2.75. The van der Waals surface area contributed by atoms with Crippen molar-refractivity contribution in [1.82, 2.24) is 10.2 Å². The van der Waals surface area contributed by atoms with Crippen molar-refractivity contribution in [1.29, 1.82) is 0 Å². The van der Waals surface area contributed by atoms with Gasteiger partial charge in [-0.05, 0) is 24.3 Å². The van der Waals surface area contributed by atoms with E-state index < -0.39 is 6.09 Å². The van der Waals surface area contributed by atoms with Crippen LogP contribution in [-0.4, -0.2) is 37.6 Å². The summed E-state index contributed by atoms with van der Waals surface area (Å²) >= 11 is 0. The van der Waals surface area contributed by atoms with Gasteiger partial charge in [0.1, 0.15) is 11.5 Å². The zero-order valence-corrected chi connectivity index (χ0v) is 12.4. The van der Waals surface area contributed by atoms with Crippen LogP contribution in [0.15, 0.2) is 30.3 Å². The summed E-state index contributed by atoms with van der Waals surface area (Å²) in [5.74, 6) is 2.09. The second-order valence-corrected chi connectivity index (χ2v) is 4.11. The second kappa shape index (κ2) is 7.11. The molecule has 0 bridgehead atoms. The highest BCUT2D eigenvalue weighted by Gasteiger charge is 2.07. The van der Waals surface area contributed by atoms with E-state index in [1.165, 1.54) is 7.11 Å². The second-order valence-electron chi connectivity index (χ2n) is 4.11. The average molecular weight is 304 g/mol. The molecule has 1 aromatic carbocycles. The van der Waals surface area contributed by atoms with Crippen LogP contribution in [0.2, 0.25) is 0 Å². The van der Waals surface area contributed by atoms with Crippen molar-refractivity contribution >= 4 is 23.4 Å². The van der Waals surface area contributed by atoms with Crippen LogP contribution in [0.25, 0.3) is 0 Å². The molecule has 0 atom stereocenters. The van der Waals surface area contributed by atoms with Gasteiger partial charge in [0.2, 0.25) is 0 Å². The van der Waals surface area contributed by atoms with Crippen LogP contribution in [-0.2, 0) is 4.74 Å². The quantitative estimate of drug-likeness (QED) is 0.875. The van der Waals surface area contributed by atoms with Crippen molar-refractivity contribution in [2.45, 2.75) is 0 Å². The first-order valence-corrected chi connectivity index (χ1v) is 6.34. The third kappa shape index (κ3) is 3.75. The highest BCUT2D eigenvalue weighted by atomic mass is 16.5. The molecule has 0 radical (unpaired) electrons. The molecule has 0 fully saturated rings. The number of aromatic nitrogens is 2. The molecule has 0 aliphatic heterocycles.